The molecule has 0 radical (unpaired) electrons. The molecule has 0 amide bonds. The highest BCUT2D eigenvalue weighted by Crippen LogP contribution is 2.21. The molecule has 4 N–H and O–H groups in total. The monoisotopic (exact) mass is 303 g/mol. The van der Waals surface area contributed by atoms with E-state index in [0.29, 0.717) is 19.0 Å². The molecular formula is C18H17N5. The Kier molecular flexibility index (Phi) is 3.20. The third-order valence-electron chi connectivity index (χ3n) is 4.05. The number of pyridine rings is 1. The van der Waals surface area contributed by atoms with E-state index in [2.05, 4.69) is 17.1 Å². The summed E-state index contributed by atoms with van der Waals surface area (Å²) < 4.78 is 1.98. The van der Waals surface area contributed by atoms with E-state index < -0.39 is 0 Å². The van der Waals surface area contributed by atoms with E-state index in [4.69, 9.17) is 16.5 Å². The summed E-state index contributed by atoms with van der Waals surface area (Å²) in [6.45, 7) is 1.08. The van der Waals surface area contributed by atoms with Crippen LogP contribution in [0.2, 0.25) is 0 Å². The molecule has 4 rings (SSSR count). The number of hydrogen-bond donors (Lipinski definition) is 2. The van der Waals surface area contributed by atoms with Crippen LogP contribution in [-0.2, 0) is 13.1 Å². The lowest BCUT2D eigenvalue weighted by atomic mass is 10.2. The Morgan fingerprint density at radius 2 is 1.78 bits per heavy atom. The Bertz CT molecular complexity index is 1000. The maximum absolute atomic E-state index is 6.10. The number of fused-ring (bicyclic) bond motifs is 2. The molecule has 0 aliphatic rings. The first-order chi connectivity index (χ1) is 11.2. The molecule has 0 atom stereocenters. The lowest BCUT2D eigenvalue weighted by Gasteiger charge is -2.08. The predicted octanol–water partition coefficient (Wildman–Crippen LogP) is 2.67. The molecule has 0 fully saturated rings. The van der Waals surface area contributed by atoms with E-state index in [1.165, 1.54) is 0 Å². The first-order valence-corrected chi connectivity index (χ1v) is 7.54. The molecule has 2 heterocycles. The molecule has 2 aromatic carbocycles. The van der Waals surface area contributed by atoms with Gasteiger partial charge in [0.2, 0.25) is 5.95 Å². The number of rotatable bonds is 3. The second-order valence-electron chi connectivity index (χ2n) is 5.58. The molecule has 0 unspecified atom stereocenters. The van der Waals surface area contributed by atoms with Crippen molar-refractivity contribution in [2.24, 2.45) is 5.73 Å². The van der Waals surface area contributed by atoms with Crippen LogP contribution in [0.25, 0.3) is 21.9 Å². The van der Waals surface area contributed by atoms with Crippen LogP contribution in [0, 0.1) is 0 Å². The highest BCUT2D eigenvalue weighted by molar-refractivity contribution is 5.80. The molecule has 0 saturated heterocycles. The van der Waals surface area contributed by atoms with Crippen LogP contribution in [0.3, 0.4) is 0 Å². The van der Waals surface area contributed by atoms with Gasteiger partial charge < -0.3 is 16.0 Å². The molecule has 0 bridgehead atoms. The van der Waals surface area contributed by atoms with Crippen molar-refractivity contribution in [2.75, 3.05) is 5.73 Å². The predicted molar refractivity (Wildman–Crippen MR) is 92.9 cm³/mol. The van der Waals surface area contributed by atoms with Crippen molar-refractivity contribution in [3.8, 4) is 0 Å². The fraction of sp³-hybridized carbons (Fsp3) is 0.111. The third-order valence-corrected chi connectivity index (χ3v) is 4.05. The SMILES string of the molecule is NCc1ccc2nc(N)n(Cc3ccc4ccccc4n3)c2c1. The molecule has 4 aromatic rings. The zero-order chi connectivity index (χ0) is 15.8. The van der Waals surface area contributed by atoms with Crippen molar-refractivity contribution in [3.63, 3.8) is 0 Å². The highest BCUT2D eigenvalue weighted by atomic mass is 15.2. The summed E-state index contributed by atoms with van der Waals surface area (Å²) in [5.74, 6) is 0.490. The Balaban J connectivity index is 1.80. The van der Waals surface area contributed by atoms with Crippen molar-refractivity contribution in [1.82, 2.24) is 14.5 Å². The average molecular weight is 303 g/mol. The van der Waals surface area contributed by atoms with E-state index >= 15 is 0 Å². The number of nitrogens with two attached hydrogens (primary N) is 2. The van der Waals surface area contributed by atoms with E-state index in [9.17, 15) is 0 Å². The van der Waals surface area contributed by atoms with Gasteiger partial charge in [-0.1, -0.05) is 30.3 Å². The fourth-order valence-corrected chi connectivity index (χ4v) is 2.84. The summed E-state index contributed by atoms with van der Waals surface area (Å²) in [5, 5.41) is 1.13. The van der Waals surface area contributed by atoms with E-state index in [-0.39, 0.29) is 0 Å². The first-order valence-electron chi connectivity index (χ1n) is 7.54. The maximum atomic E-state index is 6.10. The Labute approximate surface area is 133 Å². The number of aromatic nitrogens is 3. The largest absolute Gasteiger partial charge is 0.369 e. The lowest BCUT2D eigenvalue weighted by molar-refractivity contribution is 0.814. The normalized spacial score (nSPS) is 11.3. The molecular weight excluding hydrogens is 286 g/mol. The van der Waals surface area contributed by atoms with Crippen LogP contribution in [0.15, 0.2) is 54.6 Å². The molecule has 2 aromatic heterocycles. The second kappa shape index (κ2) is 5.37. The summed E-state index contributed by atoms with van der Waals surface area (Å²) in [6, 6.07) is 18.2. The quantitative estimate of drug-likeness (QED) is 0.609. The second-order valence-corrected chi connectivity index (χ2v) is 5.58. The summed E-state index contributed by atoms with van der Waals surface area (Å²) >= 11 is 0. The summed E-state index contributed by atoms with van der Waals surface area (Å²) in [7, 11) is 0. The van der Waals surface area contributed by atoms with Crippen molar-refractivity contribution >= 4 is 27.9 Å². The highest BCUT2D eigenvalue weighted by Gasteiger charge is 2.10. The van der Waals surface area contributed by atoms with Gasteiger partial charge in [-0.15, -0.1) is 0 Å². The number of imidazole rings is 1. The van der Waals surface area contributed by atoms with Gasteiger partial charge in [-0.2, -0.15) is 0 Å². The van der Waals surface area contributed by atoms with Crippen LogP contribution in [0.1, 0.15) is 11.3 Å². The molecule has 114 valence electrons. The zero-order valence-corrected chi connectivity index (χ0v) is 12.6. The lowest BCUT2D eigenvalue weighted by Crippen LogP contribution is -2.06. The Morgan fingerprint density at radius 1 is 0.913 bits per heavy atom. The first kappa shape index (κ1) is 13.7. The summed E-state index contributed by atoms with van der Waals surface area (Å²) in [6.07, 6.45) is 0. The topological polar surface area (TPSA) is 82.7 Å². The van der Waals surface area contributed by atoms with Gasteiger partial charge in [0, 0.05) is 11.9 Å². The minimum absolute atomic E-state index is 0.490. The van der Waals surface area contributed by atoms with Crippen molar-refractivity contribution in [2.45, 2.75) is 13.1 Å². The molecule has 5 heteroatoms. The molecule has 0 saturated carbocycles. The van der Waals surface area contributed by atoms with Gasteiger partial charge in [0.05, 0.1) is 28.8 Å². The van der Waals surface area contributed by atoms with Crippen LogP contribution in [-0.4, -0.2) is 14.5 Å². The minimum atomic E-state index is 0.490. The number of nitrogen functional groups attached to an aromatic ring is 1. The zero-order valence-electron chi connectivity index (χ0n) is 12.6. The van der Waals surface area contributed by atoms with Gasteiger partial charge in [-0.25, -0.2) is 4.98 Å². The molecule has 0 aliphatic carbocycles. The maximum Gasteiger partial charge on any atom is 0.201 e. The van der Waals surface area contributed by atoms with Gasteiger partial charge in [0.15, 0.2) is 0 Å². The van der Waals surface area contributed by atoms with Crippen molar-refractivity contribution < 1.29 is 0 Å². The van der Waals surface area contributed by atoms with Crippen molar-refractivity contribution in [3.05, 3.63) is 65.9 Å². The standard InChI is InChI=1S/C18H17N5/c19-10-12-5-8-16-17(9-12)23(18(20)22-16)11-14-7-6-13-3-1-2-4-15(13)21-14/h1-9H,10-11,19H2,(H2,20,22). The van der Waals surface area contributed by atoms with Crippen LogP contribution in [0.5, 0.6) is 0 Å². The third kappa shape index (κ3) is 2.41. The van der Waals surface area contributed by atoms with Crippen LogP contribution < -0.4 is 11.5 Å². The van der Waals surface area contributed by atoms with Gasteiger partial charge in [0.25, 0.3) is 0 Å². The Morgan fingerprint density at radius 3 is 2.65 bits per heavy atom. The van der Waals surface area contributed by atoms with Gasteiger partial charge >= 0.3 is 0 Å². The van der Waals surface area contributed by atoms with Gasteiger partial charge in [-0.05, 0) is 29.8 Å². The van der Waals surface area contributed by atoms with E-state index in [1.807, 2.05) is 47.0 Å². The van der Waals surface area contributed by atoms with Gasteiger partial charge in [0.1, 0.15) is 0 Å². The molecule has 0 spiro atoms. The van der Waals surface area contributed by atoms with Crippen molar-refractivity contribution in [1.29, 1.82) is 0 Å². The number of para-hydroxylation sites is 1. The summed E-state index contributed by atoms with van der Waals surface area (Å²) in [4.78, 5) is 9.13. The molecule has 0 aliphatic heterocycles. The fourth-order valence-electron chi connectivity index (χ4n) is 2.84. The molecule has 5 nitrogen and oxygen atoms in total. The molecule has 23 heavy (non-hydrogen) atoms. The number of hydrogen-bond acceptors (Lipinski definition) is 4. The number of benzene rings is 2. The van der Waals surface area contributed by atoms with E-state index in [1.54, 1.807) is 0 Å². The van der Waals surface area contributed by atoms with Crippen LogP contribution in [0.4, 0.5) is 5.95 Å². The Hall–Kier alpha value is -2.92. The van der Waals surface area contributed by atoms with Gasteiger partial charge in [-0.3, -0.25) is 4.98 Å². The smallest absolute Gasteiger partial charge is 0.201 e. The van der Waals surface area contributed by atoms with E-state index in [0.717, 1.165) is 33.2 Å². The van der Waals surface area contributed by atoms with Crippen LogP contribution >= 0.6 is 0 Å². The number of nitrogens with zero attached hydrogens (tertiary/aromatic N) is 3. The number of anilines is 1. The average Bonchev–Trinajstić information content (AvgIpc) is 2.89. The summed E-state index contributed by atoms with van der Waals surface area (Å²) in [5.41, 5.74) is 16.7. The minimum Gasteiger partial charge on any atom is -0.369 e.